The number of fused-ring (bicyclic) bond motifs is 1. The lowest BCUT2D eigenvalue weighted by atomic mass is 10.1. The van der Waals surface area contributed by atoms with Gasteiger partial charge < -0.3 is 9.47 Å². The number of hydrogen-bond acceptors (Lipinski definition) is 3. The van der Waals surface area contributed by atoms with E-state index in [-0.39, 0.29) is 0 Å². The molecule has 1 aliphatic heterocycles. The van der Waals surface area contributed by atoms with Crippen LogP contribution in [0.5, 0.6) is 5.75 Å². The zero-order valence-electron chi connectivity index (χ0n) is 7.12. The molecule has 3 heteroatoms. The van der Waals surface area contributed by atoms with E-state index in [1.165, 1.54) is 0 Å². The summed E-state index contributed by atoms with van der Waals surface area (Å²) in [7, 11) is 0. The molecule has 0 fully saturated rings. The minimum Gasteiger partial charge on any atom is -0.467 e. The van der Waals surface area contributed by atoms with E-state index in [1.54, 1.807) is 0 Å². The van der Waals surface area contributed by atoms with Crippen LogP contribution in [0, 0.1) is 11.3 Å². The second kappa shape index (κ2) is 3.46. The Labute approximate surface area is 76.5 Å². The Balaban J connectivity index is 2.31. The molecule has 0 saturated carbocycles. The normalized spacial score (nSPS) is 14.1. The first-order chi connectivity index (χ1) is 6.40. The van der Waals surface area contributed by atoms with Crippen molar-refractivity contribution >= 4 is 0 Å². The highest BCUT2D eigenvalue weighted by molar-refractivity contribution is 5.38. The summed E-state index contributed by atoms with van der Waals surface area (Å²) in [4.78, 5) is 0. The van der Waals surface area contributed by atoms with Crippen molar-refractivity contribution in [2.75, 3.05) is 6.79 Å². The van der Waals surface area contributed by atoms with Crippen molar-refractivity contribution in [3.8, 4) is 11.8 Å². The number of ether oxygens (including phenoxy) is 2. The molecule has 0 bridgehead atoms. The average Bonchev–Trinajstić information content (AvgIpc) is 2.18. The fourth-order valence-electron chi connectivity index (χ4n) is 1.34. The molecule has 3 nitrogen and oxygen atoms in total. The minimum absolute atomic E-state index is 0.324. The fraction of sp³-hybridized carbons (Fsp3) is 0.300. The van der Waals surface area contributed by atoms with Crippen molar-refractivity contribution in [1.82, 2.24) is 0 Å². The van der Waals surface area contributed by atoms with Crippen molar-refractivity contribution in [2.24, 2.45) is 0 Å². The Kier molecular flexibility index (Phi) is 2.15. The Morgan fingerprint density at radius 3 is 3.23 bits per heavy atom. The first-order valence-corrected chi connectivity index (χ1v) is 4.09. The summed E-state index contributed by atoms with van der Waals surface area (Å²) in [5.74, 6) is 0.868. The van der Waals surface area contributed by atoms with Gasteiger partial charge in [-0.3, -0.25) is 0 Å². The molecule has 0 N–H and O–H groups in total. The first-order valence-electron chi connectivity index (χ1n) is 4.09. The first kappa shape index (κ1) is 8.09. The summed E-state index contributed by atoms with van der Waals surface area (Å²) in [5.41, 5.74) is 2.04. The van der Waals surface area contributed by atoms with E-state index in [0.717, 1.165) is 16.9 Å². The highest BCUT2D eigenvalue weighted by Crippen LogP contribution is 2.24. The van der Waals surface area contributed by atoms with Gasteiger partial charge in [-0.15, -0.1) is 0 Å². The number of benzene rings is 1. The molecule has 0 saturated heterocycles. The summed E-state index contributed by atoms with van der Waals surface area (Å²) in [5, 5.41) is 8.51. The maximum absolute atomic E-state index is 8.51. The largest absolute Gasteiger partial charge is 0.467 e. The molecular formula is C10H9NO2. The Morgan fingerprint density at radius 2 is 2.38 bits per heavy atom. The Morgan fingerprint density at radius 1 is 1.46 bits per heavy atom. The molecule has 0 spiro atoms. The van der Waals surface area contributed by atoms with E-state index in [1.807, 2.05) is 18.2 Å². The smallest absolute Gasteiger partial charge is 0.189 e. The third-order valence-electron chi connectivity index (χ3n) is 1.96. The van der Waals surface area contributed by atoms with Crippen LogP contribution in [0.3, 0.4) is 0 Å². The lowest BCUT2D eigenvalue weighted by Crippen LogP contribution is -2.11. The van der Waals surface area contributed by atoms with Crippen LogP contribution in [0.4, 0.5) is 0 Å². The molecule has 0 atom stereocenters. The number of hydrogen-bond donors (Lipinski definition) is 0. The molecular weight excluding hydrogens is 166 g/mol. The van der Waals surface area contributed by atoms with E-state index < -0.39 is 0 Å². The van der Waals surface area contributed by atoms with Gasteiger partial charge in [-0.25, -0.2) is 0 Å². The standard InChI is InChI=1S/C10H9NO2/c11-4-3-8-1-2-10-9(5-8)6-12-7-13-10/h1-2,5H,3,6-7H2. The van der Waals surface area contributed by atoms with Gasteiger partial charge in [0.1, 0.15) is 5.75 Å². The highest BCUT2D eigenvalue weighted by atomic mass is 16.7. The predicted octanol–water partition coefficient (Wildman–Crippen LogP) is 1.62. The molecule has 1 heterocycles. The van der Waals surface area contributed by atoms with Crippen LogP contribution in [-0.2, 0) is 17.8 Å². The fourth-order valence-corrected chi connectivity index (χ4v) is 1.34. The van der Waals surface area contributed by atoms with E-state index in [0.29, 0.717) is 19.8 Å². The number of nitriles is 1. The Hall–Kier alpha value is -1.53. The van der Waals surface area contributed by atoms with Gasteiger partial charge in [0.05, 0.1) is 19.1 Å². The van der Waals surface area contributed by atoms with Gasteiger partial charge in [0.25, 0.3) is 0 Å². The summed E-state index contributed by atoms with van der Waals surface area (Å²) in [6.45, 7) is 0.902. The lowest BCUT2D eigenvalue weighted by molar-refractivity contribution is -0.0164. The van der Waals surface area contributed by atoms with Crippen molar-refractivity contribution < 1.29 is 9.47 Å². The average molecular weight is 175 g/mol. The van der Waals surface area contributed by atoms with Gasteiger partial charge in [0.2, 0.25) is 0 Å². The molecule has 0 aromatic heterocycles. The van der Waals surface area contributed by atoms with Crippen LogP contribution in [0.2, 0.25) is 0 Å². The third-order valence-corrected chi connectivity index (χ3v) is 1.96. The summed E-state index contributed by atoms with van der Waals surface area (Å²) in [6.07, 6.45) is 0.438. The van der Waals surface area contributed by atoms with E-state index in [4.69, 9.17) is 14.7 Å². The zero-order chi connectivity index (χ0) is 9.10. The molecule has 2 rings (SSSR count). The van der Waals surface area contributed by atoms with Gasteiger partial charge in [0, 0.05) is 5.56 Å². The molecule has 0 radical (unpaired) electrons. The van der Waals surface area contributed by atoms with Crippen molar-refractivity contribution in [3.05, 3.63) is 29.3 Å². The quantitative estimate of drug-likeness (QED) is 0.651. The molecule has 0 amide bonds. The predicted molar refractivity (Wildman–Crippen MR) is 46.0 cm³/mol. The van der Waals surface area contributed by atoms with E-state index >= 15 is 0 Å². The zero-order valence-corrected chi connectivity index (χ0v) is 7.12. The number of nitrogens with zero attached hydrogens (tertiary/aromatic N) is 1. The lowest BCUT2D eigenvalue weighted by Gasteiger charge is -2.17. The summed E-state index contributed by atoms with van der Waals surface area (Å²) >= 11 is 0. The van der Waals surface area contributed by atoms with Gasteiger partial charge in [0.15, 0.2) is 6.79 Å². The molecule has 1 aromatic rings. The van der Waals surface area contributed by atoms with Crippen molar-refractivity contribution in [3.63, 3.8) is 0 Å². The van der Waals surface area contributed by atoms with Crippen molar-refractivity contribution in [2.45, 2.75) is 13.0 Å². The van der Waals surface area contributed by atoms with Crippen LogP contribution in [0.25, 0.3) is 0 Å². The van der Waals surface area contributed by atoms with Crippen LogP contribution in [-0.4, -0.2) is 6.79 Å². The third kappa shape index (κ3) is 1.63. The Bertz CT molecular complexity index is 354. The topological polar surface area (TPSA) is 42.2 Å². The molecule has 0 aliphatic carbocycles. The summed E-state index contributed by atoms with van der Waals surface area (Å²) in [6, 6.07) is 7.87. The monoisotopic (exact) mass is 175 g/mol. The van der Waals surface area contributed by atoms with Gasteiger partial charge in [-0.2, -0.15) is 5.26 Å². The van der Waals surface area contributed by atoms with Crippen LogP contribution < -0.4 is 4.74 Å². The molecule has 0 unspecified atom stereocenters. The SMILES string of the molecule is N#CCc1ccc2c(c1)COCO2. The van der Waals surface area contributed by atoms with Crippen molar-refractivity contribution in [1.29, 1.82) is 5.26 Å². The van der Waals surface area contributed by atoms with Crippen LogP contribution in [0.15, 0.2) is 18.2 Å². The number of rotatable bonds is 1. The van der Waals surface area contributed by atoms with Gasteiger partial charge in [-0.05, 0) is 17.7 Å². The maximum Gasteiger partial charge on any atom is 0.189 e. The van der Waals surface area contributed by atoms with Gasteiger partial charge in [-0.1, -0.05) is 6.07 Å². The summed E-state index contributed by atoms with van der Waals surface area (Å²) < 4.78 is 10.4. The molecule has 1 aliphatic rings. The van der Waals surface area contributed by atoms with E-state index in [9.17, 15) is 0 Å². The van der Waals surface area contributed by atoms with E-state index in [2.05, 4.69) is 6.07 Å². The molecule has 66 valence electrons. The van der Waals surface area contributed by atoms with Crippen LogP contribution in [0.1, 0.15) is 11.1 Å². The molecule has 13 heavy (non-hydrogen) atoms. The van der Waals surface area contributed by atoms with Crippen LogP contribution >= 0.6 is 0 Å². The maximum atomic E-state index is 8.51. The minimum atomic E-state index is 0.324. The highest BCUT2D eigenvalue weighted by Gasteiger charge is 2.10. The van der Waals surface area contributed by atoms with Gasteiger partial charge >= 0.3 is 0 Å². The second-order valence-corrected chi connectivity index (χ2v) is 2.89. The molecule has 1 aromatic carbocycles. The second-order valence-electron chi connectivity index (χ2n) is 2.89.